The number of carbonyl (C=O) groups excluding carboxylic acids is 1. The Hall–Kier alpha value is -2.21. The van der Waals surface area contributed by atoms with Gasteiger partial charge in [-0.05, 0) is 26.0 Å². The summed E-state index contributed by atoms with van der Waals surface area (Å²) in [5.74, 6) is -1.59. The van der Waals surface area contributed by atoms with Crippen molar-refractivity contribution in [3.05, 3.63) is 46.0 Å². The van der Waals surface area contributed by atoms with Gasteiger partial charge in [0.25, 0.3) is 5.91 Å². The zero-order valence-electron chi connectivity index (χ0n) is 10.4. The normalized spacial score (nSPS) is 10.2. The first kappa shape index (κ1) is 13.2. The summed E-state index contributed by atoms with van der Waals surface area (Å²) < 4.78 is 0. The Morgan fingerprint density at radius 3 is 2.37 bits per heavy atom. The van der Waals surface area contributed by atoms with Crippen LogP contribution in [0.1, 0.15) is 31.3 Å². The molecule has 0 bridgehead atoms. The van der Waals surface area contributed by atoms with Crippen molar-refractivity contribution in [1.82, 2.24) is 4.98 Å². The number of anilines is 1. The van der Waals surface area contributed by atoms with Gasteiger partial charge in [0.05, 0.1) is 16.8 Å². The molecule has 19 heavy (non-hydrogen) atoms. The number of hydrogen-bond acceptors (Lipinski definition) is 4. The van der Waals surface area contributed by atoms with Gasteiger partial charge < -0.3 is 5.11 Å². The molecule has 0 aliphatic heterocycles. The Balaban J connectivity index is 2.28. The fourth-order valence-electron chi connectivity index (χ4n) is 1.56. The molecule has 1 aromatic heterocycles. The minimum absolute atomic E-state index is 0.0231. The highest BCUT2D eigenvalue weighted by atomic mass is 32.1. The maximum atomic E-state index is 12.1. The summed E-state index contributed by atoms with van der Waals surface area (Å²) >= 11 is 1.36. The number of nitrogens with one attached hydrogen (secondary N) is 1. The standard InChI is InChI=1S/C13H12N2O3S/c1-7-8(2)19-13(14-7)15-11(16)9-5-3-4-6-10(9)12(17)18/h3-6H,1-2H3,(H,17,18)(H,14,15,16). The van der Waals surface area contributed by atoms with E-state index in [9.17, 15) is 9.59 Å². The van der Waals surface area contributed by atoms with E-state index < -0.39 is 11.9 Å². The van der Waals surface area contributed by atoms with E-state index in [1.165, 1.54) is 23.5 Å². The molecule has 0 spiro atoms. The summed E-state index contributed by atoms with van der Waals surface area (Å²) in [7, 11) is 0. The van der Waals surface area contributed by atoms with E-state index in [1.54, 1.807) is 12.1 Å². The van der Waals surface area contributed by atoms with Crippen LogP contribution in [0.5, 0.6) is 0 Å². The van der Waals surface area contributed by atoms with Crippen molar-refractivity contribution in [3.8, 4) is 0 Å². The van der Waals surface area contributed by atoms with E-state index in [4.69, 9.17) is 5.11 Å². The first-order valence-electron chi connectivity index (χ1n) is 5.56. The third-order valence-electron chi connectivity index (χ3n) is 2.65. The Morgan fingerprint density at radius 1 is 1.21 bits per heavy atom. The summed E-state index contributed by atoms with van der Waals surface area (Å²) in [6.45, 7) is 3.76. The van der Waals surface area contributed by atoms with Crippen LogP contribution in [0.2, 0.25) is 0 Å². The van der Waals surface area contributed by atoms with Crippen LogP contribution in [0, 0.1) is 13.8 Å². The minimum Gasteiger partial charge on any atom is -0.478 e. The second-order valence-corrected chi connectivity index (χ2v) is 5.17. The lowest BCUT2D eigenvalue weighted by molar-refractivity contribution is 0.0692. The molecule has 5 nitrogen and oxygen atoms in total. The molecular formula is C13H12N2O3S. The van der Waals surface area contributed by atoms with Gasteiger partial charge in [0.15, 0.2) is 5.13 Å². The molecule has 98 valence electrons. The number of hydrogen-bond donors (Lipinski definition) is 2. The lowest BCUT2D eigenvalue weighted by Gasteiger charge is -2.04. The predicted octanol–water partition coefficient (Wildman–Crippen LogP) is 2.71. The molecule has 1 aromatic carbocycles. The van der Waals surface area contributed by atoms with Gasteiger partial charge in [0, 0.05) is 4.88 Å². The molecule has 6 heteroatoms. The fraction of sp³-hybridized carbons (Fsp3) is 0.154. The van der Waals surface area contributed by atoms with E-state index in [0.29, 0.717) is 5.13 Å². The number of carboxylic acids is 1. The Bertz CT molecular complexity index is 630. The van der Waals surface area contributed by atoms with Crippen molar-refractivity contribution in [2.75, 3.05) is 5.32 Å². The number of aromatic nitrogens is 1. The lowest BCUT2D eigenvalue weighted by Crippen LogP contribution is -2.16. The van der Waals surface area contributed by atoms with Gasteiger partial charge in [-0.25, -0.2) is 9.78 Å². The van der Waals surface area contributed by atoms with E-state index in [2.05, 4.69) is 10.3 Å². The Morgan fingerprint density at radius 2 is 1.84 bits per heavy atom. The third-order valence-corrected chi connectivity index (χ3v) is 3.64. The maximum Gasteiger partial charge on any atom is 0.336 e. The number of aryl methyl sites for hydroxylation is 2. The van der Waals surface area contributed by atoms with Crippen molar-refractivity contribution in [2.24, 2.45) is 0 Å². The van der Waals surface area contributed by atoms with Crippen molar-refractivity contribution in [1.29, 1.82) is 0 Å². The zero-order chi connectivity index (χ0) is 14.0. The van der Waals surface area contributed by atoms with Crippen LogP contribution in [-0.4, -0.2) is 22.0 Å². The van der Waals surface area contributed by atoms with Crippen LogP contribution in [0.3, 0.4) is 0 Å². The molecule has 0 saturated carbocycles. The van der Waals surface area contributed by atoms with Gasteiger partial charge in [0.1, 0.15) is 0 Å². The van der Waals surface area contributed by atoms with Gasteiger partial charge in [-0.3, -0.25) is 10.1 Å². The molecular weight excluding hydrogens is 264 g/mol. The number of amides is 1. The average molecular weight is 276 g/mol. The molecule has 2 rings (SSSR count). The Labute approximate surface area is 113 Å². The number of benzene rings is 1. The summed E-state index contributed by atoms with van der Waals surface area (Å²) in [6.07, 6.45) is 0. The quantitative estimate of drug-likeness (QED) is 0.903. The third kappa shape index (κ3) is 2.79. The van der Waals surface area contributed by atoms with E-state index >= 15 is 0 Å². The van der Waals surface area contributed by atoms with Crippen LogP contribution < -0.4 is 5.32 Å². The van der Waals surface area contributed by atoms with E-state index in [-0.39, 0.29) is 11.1 Å². The Kier molecular flexibility index (Phi) is 3.62. The molecule has 2 N–H and O–H groups in total. The number of carboxylic acid groups (broad SMARTS) is 1. The molecule has 0 fully saturated rings. The largest absolute Gasteiger partial charge is 0.478 e. The highest BCUT2D eigenvalue weighted by Gasteiger charge is 2.17. The highest BCUT2D eigenvalue weighted by molar-refractivity contribution is 7.15. The molecule has 0 radical (unpaired) electrons. The highest BCUT2D eigenvalue weighted by Crippen LogP contribution is 2.22. The number of aromatic carboxylic acids is 1. The average Bonchev–Trinajstić information content (AvgIpc) is 2.68. The van der Waals surface area contributed by atoms with Crippen LogP contribution in [0.15, 0.2) is 24.3 Å². The van der Waals surface area contributed by atoms with Crippen LogP contribution >= 0.6 is 11.3 Å². The molecule has 0 aliphatic carbocycles. The first-order chi connectivity index (χ1) is 8.99. The monoisotopic (exact) mass is 276 g/mol. The van der Waals surface area contributed by atoms with Crippen molar-refractivity contribution in [3.63, 3.8) is 0 Å². The first-order valence-corrected chi connectivity index (χ1v) is 6.38. The molecule has 2 aromatic rings. The van der Waals surface area contributed by atoms with Crippen molar-refractivity contribution >= 4 is 28.3 Å². The summed E-state index contributed by atoms with van der Waals surface area (Å²) in [4.78, 5) is 28.3. The topological polar surface area (TPSA) is 79.3 Å². The zero-order valence-corrected chi connectivity index (χ0v) is 11.2. The second-order valence-electron chi connectivity index (χ2n) is 3.97. The fourth-order valence-corrected chi connectivity index (χ4v) is 2.37. The number of rotatable bonds is 3. The van der Waals surface area contributed by atoms with Crippen molar-refractivity contribution in [2.45, 2.75) is 13.8 Å². The number of thiazole rings is 1. The smallest absolute Gasteiger partial charge is 0.336 e. The molecule has 0 saturated heterocycles. The maximum absolute atomic E-state index is 12.1. The molecule has 1 heterocycles. The number of nitrogens with zero attached hydrogens (tertiary/aromatic N) is 1. The lowest BCUT2D eigenvalue weighted by atomic mass is 10.1. The van der Waals surface area contributed by atoms with Gasteiger partial charge in [0.2, 0.25) is 0 Å². The van der Waals surface area contributed by atoms with E-state index in [0.717, 1.165) is 10.6 Å². The summed E-state index contributed by atoms with van der Waals surface area (Å²) in [5.41, 5.74) is 0.956. The molecule has 0 atom stereocenters. The summed E-state index contributed by atoms with van der Waals surface area (Å²) in [5, 5.41) is 12.1. The van der Waals surface area contributed by atoms with E-state index in [1.807, 2.05) is 13.8 Å². The van der Waals surface area contributed by atoms with Gasteiger partial charge >= 0.3 is 5.97 Å². The van der Waals surface area contributed by atoms with Crippen LogP contribution in [0.25, 0.3) is 0 Å². The predicted molar refractivity (Wildman–Crippen MR) is 72.9 cm³/mol. The molecule has 0 aliphatic rings. The molecule has 0 unspecified atom stereocenters. The molecule has 1 amide bonds. The van der Waals surface area contributed by atoms with Gasteiger partial charge in [-0.1, -0.05) is 12.1 Å². The second kappa shape index (κ2) is 5.19. The van der Waals surface area contributed by atoms with Gasteiger partial charge in [-0.15, -0.1) is 11.3 Å². The minimum atomic E-state index is -1.13. The summed E-state index contributed by atoms with van der Waals surface area (Å²) in [6, 6.07) is 6.08. The van der Waals surface area contributed by atoms with Crippen LogP contribution in [-0.2, 0) is 0 Å². The van der Waals surface area contributed by atoms with Crippen molar-refractivity contribution < 1.29 is 14.7 Å². The SMILES string of the molecule is Cc1nc(NC(=O)c2ccccc2C(=O)O)sc1C. The van der Waals surface area contributed by atoms with Crippen LogP contribution in [0.4, 0.5) is 5.13 Å². The number of carbonyl (C=O) groups is 2. The van der Waals surface area contributed by atoms with Gasteiger partial charge in [-0.2, -0.15) is 0 Å².